The lowest BCUT2D eigenvalue weighted by molar-refractivity contribution is -0.320. The van der Waals surface area contributed by atoms with Gasteiger partial charge in [0.1, 0.15) is 18.0 Å². The molecule has 1 saturated heterocycles. The Morgan fingerprint density at radius 3 is 2.60 bits per heavy atom. The Bertz CT molecular complexity index is 993. The second-order valence-electron chi connectivity index (χ2n) is 12.8. The highest BCUT2D eigenvalue weighted by atomic mass is 16.7. The number of carbonyl (C=O) groups excluding carboxylic acids is 1. The maximum Gasteiger partial charge on any atom is 0.302 e. The predicted molar refractivity (Wildman–Crippen MR) is 129 cm³/mol. The summed E-state index contributed by atoms with van der Waals surface area (Å²) in [6.07, 6.45) is 8.15. The number of esters is 1. The Labute approximate surface area is 208 Å². The van der Waals surface area contributed by atoms with E-state index in [2.05, 4.69) is 13.8 Å². The lowest BCUT2D eigenvalue weighted by Crippen LogP contribution is -2.64. The molecule has 0 aromatic heterocycles. The summed E-state index contributed by atoms with van der Waals surface area (Å²) in [4.78, 5) is 11.5. The molecule has 192 valence electrons. The van der Waals surface area contributed by atoms with E-state index in [-0.39, 0.29) is 52.9 Å². The molecule has 6 rings (SSSR count). The van der Waals surface area contributed by atoms with Crippen molar-refractivity contribution in [2.24, 2.45) is 34.0 Å². The van der Waals surface area contributed by atoms with Crippen LogP contribution in [0.1, 0.15) is 84.0 Å². The molecule has 1 heterocycles. The minimum absolute atomic E-state index is 0.0380. The summed E-state index contributed by atoms with van der Waals surface area (Å²) in [6, 6.07) is 7.15. The molecule has 4 saturated carbocycles. The third kappa shape index (κ3) is 3.35. The fourth-order valence-corrected chi connectivity index (χ4v) is 9.58. The van der Waals surface area contributed by atoms with Gasteiger partial charge in [-0.2, -0.15) is 0 Å². The maximum atomic E-state index is 11.5. The second kappa shape index (κ2) is 7.93. The smallest absolute Gasteiger partial charge is 0.302 e. The van der Waals surface area contributed by atoms with Gasteiger partial charge < -0.3 is 24.4 Å². The summed E-state index contributed by atoms with van der Waals surface area (Å²) in [5.74, 6) is 1.30. The average molecular weight is 485 g/mol. The fraction of sp³-hybridized carbons (Fsp3) is 0.759. The molecule has 2 bridgehead atoms. The third-order valence-corrected chi connectivity index (χ3v) is 11.4. The Balaban J connectivity index is 1.24. The minimum atomic E-state index is -0.879. The highest BCUT2D eigenvalue weighted by Crippen LogP contribution is 2.76. The van der Waals surface area contributed by atoms with Crippen molar-refractivity contribution < 1.29 is 29.2 Å². The number of phenols is 1. The minimum Gasteiger partial charge on any atom is -0.508 e. The van der Waals surface area contributed by atoms with E-state index in [4.69, 9.17) is 14.2 Å². The van der Waals surface area contributed by atoms with Crippen molar-refractivity contribution in [3.63, 3.8) is 0 Å². The molecular formula is C29H40O6. The molecule has 5 fully saturated rings. The first kappa shape index (κ1) is 23.7. The Morgan fingerprint density at radius 1 is 1.09 bits per heavy atom. The van der Waals surface area contributed by atoms with E-state index in [0.717, 1.165) is 44.1 Å². The van der Waals surface area contributed by atoms with Crippen molar-refractivity contribution in [1.29, 1.82) is 0 Å². The van der Waals surface area contributed by atoms with E-state index in [1.54, 1.807) is 12.1 Å². The second-order valence-corrected chi connectivity index (χ2v) is 12.8. The summed E-state index contributed by atoms with van der Waals surface area (Å²) in [5, 5.41) is 21.1. The van der Waals surface area contributed by atoms with Crippen molar-refractivity contribution >= 4 is 5.97 Å². The first-order valence-electron chi connectivity index (χ1n) is 13.5. The van der Waals surface area contributed by atoms with Crippen LogP contribution in [0.4, 0.5) is 0 Å². The van der Waals surface area contributed by atoms with Crippen molar-refractivity contribution in [2.45, 2.75) is 90.1 Å². The molecule has 35 heavy (non-hydrogen) atoms. The summed E-state index contributed by atoms with van der Waals surface area (Å²) in [6.45, 7) is 7.17. The molecule has 6 heteroatoms. The lowest BCUT2D eigenvalue weighted by atomic mass is 9.39. The maximum absolute atomic E-state index is 11.5. The molecule has 2 N–H and O–H groups in total. The zero-order valence-corrected chi connectivity index (χ0v) is 21.3. The number of phenolic OH excluding ortho intramolecular Hbond substituents is 1. The van der Waals surface area contributed by atoms with Gasteiger partial charge in [-0.3, -0.25) is 4.79 Å². The third-order valence-electron chi connectivity index (χ3n) is 11.4. The van der Waals surface area contributed by atoms with Crippen molar-refractivity contribution in [2.75, 3.05) is 13.2 Å². The number of hydrogen-bond donors (Lipinski definition) is 2. The zero-order valence-electron chi connectivity index (χ0n) is 21.3. The highest BCUT2D eigenvalue weighted by Gasteiger charge is 2.71. The number of aromatic hydroxyl groups is 1. The van der Waals surface area contributed by atoms with Crippen LogP contribution >= 0.6 is 0 Å². The molecular weight excluding hydrogens is 444 g/mol. The molecule has 4 aliphatic carbocycles. The normalized spacial score (nSPS) is 48.4. The Kier molecular flexibility index (Phi) is 5.38. The van der Waals surface area contributed by atoms with Gasteiger partial charge in [0.05, 0.1) is 12.7 Å². The van der Waals surface area contributed by atoms with Crippen LogP contribution in [0.15, 0.2) is 24.3 Å². The predicted octanol–water partition coefficient (Wildman–Crippen LogP) is 5.12. The molecule has 9 atom stereocenters. The fourth-order valence-electron chi connectivity index (χ4n) is 9.58. The van der Waals surface area contributed by atoms with Crippen molar-refractivity contribution in [1.82, 2.24) is 0 Å². The average Bonchev–Trinajstić information content (AvgIpc) is 3.18. The number of aliphatic hydroxyl groups is 1. The SMILES string of the molecule is CC(=O)OCC1(O)CCC23CC1CC2CCC1C2(C)COC(c4ccc(O)cc4)OC2CCC13C. The van der Waals surface area contributed by atoms with Crippen molar-refractivity contribution in [3.05, 3.63) is 29.8 Å². The molecule has 0 amide bonds. The lowest BCUT2D eigenvalue weighted by Gasteiger charge is -2.68. The molecule has 5 aliphatic rings. The van der Waals surface area contributed by atoms with E-state index in [1.165, 1.54) is 19.8 Å². The van der Waals surface area contributed by atoms with Crippen LogP contribution in [-0.2, 0) is 19.0 Å². The van der Waals surface area contributed by atoms with Gasteiger partial charge in [-0.25, -0.2) is 0 Å². The van der Waals surface area contributed by atoms with E-state index < -0.39 is 5.60 Å². The van der Waals surface area contributed by atoms with Crippen LogP contribution < -0.4 is 0 Å². The Morgan fingerprint density at radius 2 is 1.86 bits per heavy atom. The molecule has 0 radical (unpaired) electrons. The van der Waals surface area contributed by atoms with Crippen LogP contribution in [0.25, 0.3) is 0 Å². The van der Waals surface area contributed by atoms with Gasteiger partial charge in [-0.15, -0.1) is 0 Å². The van der Waals surface area contributed by atoms with Crippen LogP contribution in [0.5, 0.6) is 5.75 Å². The molecule has 1 aromatic rings. The Hall–Kier alpha value is -1.63. The monoisotopic (exact) mass is 484 g/mol. The van der Waals surface area contributed by atoms with E-state index >= 15 is 0 Å². The zero-order chi connectivity index (χ0) is 24.6. The van der Waals surface area contributed by atoms with Gasteiger partial charge in [0.15, 0.2) is 6.29 Å². The summed E-state index contributed by atoms with van der Waals surface area (Å²) < 4.78 is 18.3. The highest BCUT2D eigenvalue weighted by molar-refractivity contribution is 5.66. The van der Waals surface area contributed by atoms with Gasteiger partial charge in [0.2, 0.25) is 0 Å². The molecule has 6 nitrogen and oxygen atoms in total. The van der Waals surface area contributed by atoms with Gasteiger partial charge in [-0.1, -0.05) is 26.0 Å². The van der Waals surface area contributed by atoms with E-state index in [0.29, 0.717) is 18.4 Å². The molecule has 1 aliphatic heterocycles. The number of carbonyl (C=O) groups is 1. The van der Waals surface area contributed by atoms with Gasteiger partial charge in [0.25, 0.3) is 0 Å². The number of benzene rings is 1. The summed E-state index contributed by atoms with van der Waals surface area (Å²) in [7, 11) is 0. The quantitative estimate of drug-likeness (QED) is 0.579. The number of rotatable bonds is 3. The van der Waals surface area contributed by atoms with Crippen molar-refractivity contribution in [3.8, 4) is 5.75 Å². The molecule has 1 spiro atoms. The van der Waals surface area contributed by atoms with Crippen LogP contribution in [-0.4, -0.2) is 41.1 Å². The first-order chi connectivity index (χ1) is 16.6. The van der Waals surface area contributed by atoms with E-state index in [1.807, 2.05) is 12.1 Å². The topological polar surface area (TPSA) is 85.2 Å². The largest absolute Gasteiger partial charge is 0.508 e. The van der Waals surface area contributed by atoms with Crippen LogP contribution in [0.3, 0.4) is 0 Å². The summed E-state index contributed by atoms with van der Waals surface area (Å²) >= 11 is 0. The van der Waals surface area contributed by atoms with Crippen LogP contribution in [0.2, 0.25) is 0 Å². The molecule has 1 aromatic carbocycles. The summed E-state index contributed by atoms with van der Waals surface area (Å²) in [5.41, 5.74) is 0.472. The van der Waals surface area contributed by atoms with Gasteiger partial charge in [-0.05, 0) is 92.1 Å². The van der Waals surface area contributed by atoms with Crippen LogP contribution in [0, 0.1) is 34.0 Å². The number of fused-ring (bicyclic) bond motifs is 4. The molecule has 9 unspecified atom stereocenters. The number of hydrogen-bond acceptors (Lipinski definition) is 6. The van der Waals surface area contributed by atoms with Gasteiger partial charge in [0, 0.05) is 17.9 Å². The number of ether oxygens (including phenoxy) is 3. The van der Waals surface area contributed by atoms with Gasteiger partial charge >= 0.3 is 5.97 Å². The van der Waals surface area contributed by atoms with E-state index in [9.17, 15) is 15.0 Å². The standard InChI is InChI=1S/C29H40O6/c1-18(30)33-17-29(32)13-12-28-15-21(29)14-20(28)6-9-23-26(2)16-34-25(19-4-7-22(31)8-5-19)35-24(26)10-11-27(23,28)3/h4-5,7-8,20-21,23-25,31-32H,6,9-17H2,1-3H3. The first-order valence-corrected chi connectivity index (χ1v) is 13.5.